The van der Waals surface area contributed by atoms with Crippen LogP contribution in [-0.4, -0.2) is 100 Å². The number of hydrogen-bond acceptors (Lipinski definition) is 6. The molecule has 0 bridgehead atoms. The minimum absolute atomic E-state index is 0.140. The smallest absolute Gasteiger partial charge is 0.409 e. The minimum atomic E-state index is -3.65. The maximum absolute atomic E-state index is 12.9. The van der Waals surface area contributed by atoms with Gasteiger partial charge in [0, 0.05) is 52.9 Å². The molecule has 156 valence electrons. The Labute approximate surface area is 160 Å². The molecule has 2 fully saturated rings. The highest BCUT2D eigenvalue weighted by Gasteiger charge is 2.37. The van der Waals surface area contributed by atoms with Crippen LogP contribution in [0.2, 0.25) is 0 Å². The fraction of sp³-hybridized carbons (Fsp3) is 0.875. The van der Waals surface area contributed by atoms with Gasteiger partial charge in [0.05, 0.1) is 19.1 Å². The summed E-state index contributed by atoms with van der Waals surface area (Å²) in [6.07, 6.45) is 0.895. The van der Waals surface area contributed by atoms with Gasteiger partial charge in [0.25, 0.3) is 10.2 Å². The largest absolute Gasteiger partial charge is 0.450 e. The summed E-state index contributed by atoms with van der Waals surface area (Å²) in [5.74, 6) is -0.495. The van der Waals surface area contributed by atoms with Crippen LogP contribution in [0.3, 0.4) is 0 Å². The third kappa shape index (κ3) is 5.77. The molecule has 0 saturated carbocycles. The van der Waals surface area contributed by atoms with E-state index in [2.05, 4.69) is 5.32 Å². The average molecular weight is 407 g/mol. The van der Waals surface area contributed by atoms with Crippen molar-refractivity contribution in [3.63, 3.8) is 0 Å². The number of nitrogens with zero attached hydrogens (tertiary/aromatic N) is 3. The van der Waals surface area contributed by atoms with E-state index in [0.717, 1.165) is 0 Å². The lowest BCUT2D eigenvalue weighted by molar-refractivity contribution is -0.126. The highest BCUT2D eigenvalue weighted by Crippen LogP contribution is 2.22. The zero-order valence-corrected chi connectivity index (χ0v) is 16.9. The molecular weight excluding hydrogens is 376 g/mol. The van der Waals surface area contributed by atoms with Crippen LogP contribution >= 0.6 is 0 Å². The highest BCUT2D eigenvalue weighted by molar-refractivity contribution is 7.86. The van der Waals surface area contributed by atoms with Crippen molar-refractivity contribution in [3.05, 3.63) is 0 Å². The number of amides is 2. The zero-order chi connectivity index (χ0) is 19.9. The monoisotopic (exact) mass is 406 g/mol. The van der Waals surface area contributed by atoms with Crippen LogP contribution in [0.25, 0.3) is 0 Å². The molecule has 0 aromatic heterocycles. The maximum Gasteiger partial charge on any atom is 0.409 e. The Morgan fingerprint density at radius 2 is 1.81 bits per heavy atom. The molecule has 2 aliphatic rings. The first-order valence-electron chi connectivity index (χ1n) is 9.33. The van der Waals surface area contributed by atoms with Crippen LogP contribution in [0.1, 0.15) is 19.8 Å². The molecule has 0 aromatic carbocycles. The Kier molecular flexibility index (Phi) is 8.27. The Morgan fingerprint density at radius 3 is 2.44 bits per heavy atom. The SMILES string of the molecule is CCOC(=O)N1CCN(S(=O)(=O)N2CCC[C@@H](C(=O)NCCOC)C2)CC1. The van der Waals surface area contributed by atoms with Crippen LogP contribution < -0.4 is 5.32 Å². The summed E-state index contributed by atoms with van der Waals surface area (Å²) in [5.41, 5.74) is 0. The van der Waals surface area contributed by atoms with Crippen LogP contribution in [0, 0.1) is 5.92 Å². The Balaban J connectivity index is 1.90. The number of carbonyl (C=O) groups is 2. The number of piperazine rings is 1. The van der Waals surface area contributed by atoms with E-state index in [-0.39, 0.29) is 31.5 Å². The van der Waals surface area contributed by atoms with Crippen LogP contribution in [0.15, 0.2) is 0 Å². The number of nitrogens with one attached hydrogen (secondary N) is 1. The number of ether oxygens (including phenoxy) is 2. The van der Waals surface area contributed by atoms with Crippen molar-refractivity contribution < 1.29 is 27.5 Å². The minimum Gasteiger partial charge on any atom is -0.450 e. The molecular formula is C16H30N4O6S. The summed E-state index contributed by atoms with van der Waals surface area (Å²) < 4.78 is 38.5. The molecule has 0 radical (unpaired) electrons. The summed E-state index contributed by atoms with van der Waals surface area (Å²) in [6, 6.07) is 0. The normalized spacial score (nSPS) is 22.4. The molecule has 1 N–H and O–H groups in total. The second kappa shape index (κ2) is 10.2. The van der Waals surface area contributed by atoms with E-state index in [9.17, 15) is 18.0 Å². The van der Waals surface area contributed by atoms with Crippen molar-refractivity contribution in [2.24, 2.45) is 5.92 Å². The van der Waals surface area contributed by atoms with Crippen LogP contribution in [-0.2, 0) is 24.5 Å². The summed E-state index contributed by atoms with van der Waals surface area (Å²) in [6.45, 7) is 4.49. The molecule has 0 unspecified atom stereocenters. The van der Waals surface area contributed by atoms with E-state index in [4.69, 9.17) is 9.47 Å². The van der Waals surface area contributed by atoms with Crippen molar-refractivity contribution in [1.82, 2.24) is 18.8 Å². The van der Waals surface area contributed by atoms with Gasteiger partial charge in [-0.2, -0.15) is 17.0 Å². The molecule has 1 atom stereocenters. The molecule has 2 saturated heterocycles. The number of rotatable bonds is 7. The molecule has 2 amide bonds. The van der Waals surface area contributed by atoms with Crippen molar-refractivity contribution in [2.75, 3.05) is 66.1 Å². The quantitative estimate of drug-likeness (QED) is 0.570. The number of piperidine rings is 1. The van der Waals surface area contributed by atoms with Crippen molar-refractivity contribution >= 4 is 22.2 Å². The molecule has 2 heterocycles. The number of carbonyl (C=O) groups excluding carboxylic acids is 2. The van der Waals surface area contributed by atoms with E-state index >= 15 is 0 Å². The topological polar surface area (TPSA) is 108 Å². The average Bonchev–Trinajstić information content (AvgIpc) is 2.68. The molecule has 27 heavy (non-hydrogen) atoms. The predicted octanol–water partition coefficient (Wildman–Crippen LogP) is -0.520. The van der Waals surface area contributed by atoms with Gasteiger partial charge in [0.2, 0.25) is 5.91 Å². The lowest BCUT2D eigenvalue weighted by atomic mass is 9.99. The van der Waals surface area contributed by atoms with Gasteiger partial charge in [-0.25, -0.2) is 4.79 Å². The summed E-state index contributed by atoms with van der Waals surface area (Å²) >= 11 is 0. The van der Waals surface area contributed by atoms with Gasteiger partial charge in [-0.05, 0) is 19.8 Å². The predicted molar refractivity (Wildman–Crippen MR) is 98.3 cm³/mol. The standard InChI is InChI=1S/C16H30N4O6S/c1-3-26-16(22)18-8-10-19(11-9-18)27(23,24)20-7-4-5-14(13-20)15(21)17-6-12-25-2/h14H,3-13H2,1-2H3,(H,17,21)/t14-/m1/s1. The molecule has 11 heteroatoms. The second-order valence-electron chi connectivity index (χ2n) is 6.57. The van der Waals surface area contributed by atoms with Gasteiger partial charge in [-0.3, -0.25) is 4.79 Å². The van der Waals surface area contributed by atoms with E-state index in [1.807, 2.05) is 0 Å². The Bertz CT molecular complexity index is 606. The first kappa shape index (κ1) is 21.9. The van der Waals surface area contributed by atoms with E-state index < -0.39 is 16.3 Å². The summed E-state index contributed by atoms with van der Waals surface area (Å²) in [5, 5.41) is 2.78. The van der Waals surface area contributed by atoms with E-state index in [1.54, 1.807) is 14.0 Å². The van der Waals surface area contributed by atoms with Crippen molar-refractivity contribution in [1.29, 1.82) is 0 Å². The molecule has 0 aliphatic carbocycles. The van der Waals surface area contributed by atoms with Gasteiger partial charge in [-0.1, -0.05) is 0 Å². The third-order valence-corrected chi connectivity index (χ3v) is 6.78. The first-order valence-corrected chi connectivity index (χ1v) is 10.7. The lowest BCUT2D eigenvalue weighted by Gasteiger charge is -2.38. The molecule has 10 nitrogen and oxygen atoms in total. The summed E-state index contributed by atoms with van der Waals surface area (Å²) in [4.78, 5) is 25.5. The summed E-state index contributed by atoms with van der Waals surface area (Å²) in [7, 11) is -2.10. The first-order chi connectivity index (χ1) is 12.9. The van der Waals surface area contributed by atoms with Crippen molar-refractivity contribution in [2.45, 2.75) is 19.8 Å². The highest BCUT2D eigenvalue weighted by atomic mass is 32.2. The van der Waals surface area contributed by atoms with Gasteiger partial charge in [0.1, 0.15) is 0 Å². The van der Waals surface area contributed by atoms with Crippen LogP contribution in [0.5, 0.6) is 0 Å². The molecule has 2 aliphatic heterocycles. The van der Waals surface area contributed by atoms with E-state index in [0.29, 0.717) is 52.2 Å². The Hall–Kier alpha value is -1.43. The van der Waals surface area contributed by atoms with Gasteiger partial charge in [0.15, 0.2) is 0 Å². The zero-order valence-electron chi connectivity index (χ0n) is 16.1. The van der Waals surface area contributed by atoms with Crippen molar-refractivity contribution in [3.8, 4) is 0 Å². The van der Waals surface area contributed by atoms with Gasteiger partial charge < -0.3 is 19.7 Å². The fourth-order valence-electron chi connectivity index (χ4n) is 3.27. The number of hydrogen-bond donors (Lipinski definition) is 1. The second-order valence-corrected chi connectivity index (χ2v) is 8.50. The molecule has 0 spiro atoms. The fourth-order valence-corrected chi connectivity index (χ4v) is 4.95. The third-order valence-electron chi connectivity index (χ3n) is 4.78. The number of methoxy groups -OCH3 is 1. The van der Waals surface area contributed by atoms with E-state index in [1.165, 1.54) is 13.5 Å². The van der Waals surface area contributed by atoms with Gasteiger partial charge >= 0.3 is 6.09 Å². The molecule has 2 rings (SSSR count). The molecule has 0 aromatic rings. The van der Waals surface area contributed by atoms with Crippen LogP contribution in [0.4, 0.5) is 4.79 Å². The lowest BCUT2D eigenvalue weighted by Crippen LogP contribution is -2.56. The van der Waals surface area contributed by atoms with Gasteiger partial charge in [-0.15, -0.1) is 0 Å². The maximum atomic E-state index is 12.9. The Morgan fingerprint density at radius 1 is 1.11 bits per heavy atom.